The summed E-state index contributed by atoms with van der Waals surface area (Å²) in [5.41, 5.74) is 0.0112. The third-order valence-electron chi connectivity index (χ3n) is 7.88. The predicted octanol–water partition coefficient (Wildman–Crippen LogP) is 5.43. The monoisotopic (exact) mass is 763 g/mol. The van der Waals surface area contributed by atoms with Crippen molar-refractivity contribution in [1.29, 1.82) is 0 Å². The van der Waals surface area contributed by atoms with Crippen molar-refractivity contribution in [2.75, 3.05) is 11.4 Å². The van der Waals surface area contributed by atoms with E-state index in [4.69, 9.17) is 14.2 Å². The molecule has 2 aromatic carbocycles. The van der Waals surface area contributed by atoms with Crippen LogP contribution in [0.15, 0.2) is 47.3 Å². The molecule has 14 heteroatoms. The van der Waals surface area contributed by atoms with Crippen LogP contribution in [0.2, 0.25) is 0 Å². The van der Waals surface area contributed by atoms with Crippen LogP contribution in [0.3, 0.4) is 0 Å². The molecule has 3 N–H and O–H groups in total. The molecule has 300 valence electrons. The number of aromatic nitrogens is 2. The van der Waals surface area contributed by atoms with Crippen LogP contribution in [0.1, 0.15) is 117 Å². The Kier molecular flexibility index (Phi) is 14.7. The molecular weight excluding hydrogens is 706 g/mol. The summed E-state index contributed by atoms with van der Waals surface area (Å²) in [6.45, 7) is 20.2. The molecule has 0 unspecified atom stereocenters. The van der Waals surface area contributed by atoms with Crippen LogP contribution < -0.4 is 21.1 Å². The molecule has 14 nitrogen and oxygen atoms in total. The topological polar surface area (TPSA) is 186 Å². The lowest BCUT2D eigenvalue weighted by Crippen LogP contribution is -2.47. The molecule has 0 radical (unpaired) electrons. The van der Waals surface area contributed by atoms with E-state index < -0.39 is 58.6 Å². The van der Waals surface area contributed by atoms with Gasteiger partial charge in [-0.15, -0.1) is 0 Å². The molecule has 0 spiro atoms. The van der Waals surface area contributed by atoms with Gasteiger partial charge in [-0.25, -0.2) is 14.6 Å². The van der Waals surface area contributed by atoms with Gasteiger partial charge in [0.1, 0.15) is 34.7 Å². The molecule has 0 bridgehead atoms. The zero-order chi connectivity index (χ0) is 41.3. The second kappa shape index (κ2) is 18.4. The largest absolute Gasteiger partial charge is 0.460 e. The Balaban J connectivity index is 1.72. The highest BCUT2D eigenvalue weighted by Crippen LogP contribution is 2.21. The van der Waals surface area contributed by atoms with E-state index in [-0.39, 0.29) is 36.8 Å². The lowest BCUT2D eigenvalue weighted by Gasteiger charge is -2.26. The molecule has 0 saturated heterocycles. The van der Waals surface area contributed by atoms with Crippen LogP contribution in [0.5, 0.6) is 0 Å². The first kappa shape index (κ1) is 44.1. The van der Waals surface area contributed by atoms with Gasteiger partial charge in [0.25, 0.3) is 11.5 Å². The van der Waals surface area contributed by atoms with Crippen molar-refractivity contribution in [2.24, 2.45) is 0 Å². The summed E-state index contributed by atoms with van der Waals surface area (Å²) >= 11 is 0. The van der Waals surface area contributed by atoms with Crippen molar-refractivity contribution >= 4 is 46.3 Å². The normalized spacial score (nSPS) is 13.0. The number of aryl methyl sites for hydroxylation is 1. The third-order valence-corrected chi connectivity index (χ3v) is 7.88. The summed E-state index contributed by atoms with van der Waals surface area (Å²) in [7, 11) is 0. The molecular formula is C41H57N5O9. The van der Waals surface area contributed by atoms with Crippen molar-refractivity contribution in [1.82, 2.24) is 20.6 Å². The van der Waals surface area contributed by atoms with Crippen molar-refractivity contribution in [2.45, 2.75) is 137 Å². The van der Waals surface area contributed by atoms with E-state index in [2.05, 4.69) is 25.5 Å². The highest BCUT2D eigenvalue weighted by Gasteiger charge is 2.31. The van der Waals surface area contributed by atoms with Gasteiger partial charge in [-0.2, -0.15) is 0 Å². The van der Waals surface area contributed by atoms with E-state index in [1.54, 1.807) is 93.5 Å². The third kappa shape index (κ3) is 14.8. The average Bonchev–Trinajstić information content (AvgIpc) is 3.05. The van der Waals surface area contributed by atoms with Gasteiger partial charge in [-0.1, -0.05) is 6.07 Å². The average molecular weight is 764 g/mol. The number of carbonyl (C=O) groups is 5. The maximum absolute atomic E-state index is 13.5. The van der Waals surface area contributed by atoms with Gasteiger partial charge >= 0.3 is 17.9 Å². The molecule has 1 aromatic heterocycles. The van der Waals surface area contributed by atoms with Crippen molar-refractivity contribution in [3.63, 3.8) is 0 Å². The smallest absolute Gasteiger partial charge is 0.329 e. The van der Waals surface area contributed by atoms with E-state index in [1.165, 1.54) is 0 Å². The van der Waals surface area contributed by atoms with E-state index in [1.807, 2.05) is 25.1 Å². The molecule has 3 rings (SSSR count). The van der Waals surface area contributed by atoms with Gasteiger partial charge in [0.2, 0.25) is 5.91 Å². The molecule has 0 fully saturated rings. The molecule has 2 amide bonds. The maximum atomic E-state index is 13.5. The van der Waals surface area contributed by atoms with Crippen LogP contribution >= 0.6 is 0 Å². The number of ether oxygens (including phenoxy) is 3. The van der Waals surface area contributed by atoms with E-state index in [0.717, 1.165) is 11.3 Å². The van der Waals surface area contributed by atoms with E-state index in [9.17, 15) is 28.8 Å². The fourth-order valence-corrected chi connectivity index (χ4v) is 5.51. The summed E-state index contributed by atoms with van der Waals surface area (Å²) in [4.78, 5) is 87.0. The molecule has 55 heavy (non-hydrogen) atoms. The lowest BCUT2D eigenvalue weighted by atomic mass is 10.1. The fraction of sp³-hybridized carbons (Fsp3) is 0.537. The Morgan fingerprint density at radius 3 is 1.85 bits per heavy atom. The number of hydrogen-bond donors (Lipinski definition) is 3. The number of nitrogens with one attached hydrogen (secondary N) is 3. The van der Waals surface area contributed by atoms with Gasteiger partial charge in [0.05, 0.1) is 10.9 Å². The first-order valence-corrected chi connectivity index (χ1v) is 18.6. The molecule has 1 heterocycles. The number of aromatic amines is 1. The highest BCUT2D eigenvalue weighted by molar-refractivity contribution is 5.97. The number of rotatable bonds is 15. The summed E-state index contributed by atoms with van der Waals surface area (Å²) in [6, 6.07) is 10.1. The number of benzene rings is 2. The first-order chi connectivity index (χ1) is 25.4. The van der Waals surface area contributed by atoms with Crippen molar-refractivity contribution in [3.05, 3.63) is 69.8 Å². The van der Waals surface area contributed by atoms with Gasteiger partial charge in [0, 0.05) is 37.2 Å². The predicted molar refractivity (Wildman–Crippen MR) is 209 cm³/mol. The number of nitrogens with zero attached hydrogens (tertiary/aromatic N) is 2. The Labute approximate surface area is 323 Å². The van der Waals surface area contributed by atoms with Crippen molar-refractivity contribution in [3.8, 4) is 0 Å². The number of fused-ring (bicyclic) bond motifs is 1. The summed E-state index contributed by atoms with van der Waals surface area (Å²) in [5.74, 6) is -2.57. The van der Waals surface area contributed by atoms with E-state index >= 15 is 0 Å². The Bertz CT molecular complexity index is 1900. The minimum Gasteiger partial charge on any atom is -0.460 e. The summed E-state index contributed by atoms with van der Waals surface area (Å²) < 4.78 is 16.4. The second-order valence-corrected chi connectivity index (χ2v) is 16.4. The van der Waals surface area contributed by atoms with Gasteiger partial charge in [-0.05, 0) is 131 Å². The number of esters is 3. The molecule has 3 aromatic rings. The van der Waals surface area contributed by atoms with Crippen LogP contribution in [0.25, 0.3) is 10.9 Å². The number of hydrogen-bond acceptors (Lipinski definition) is 11. The SMILES string of the molecule is CCN(Cc1ccc2nc(C)[nH]c(=O)c2c1)c1ccc(C(=O)N[C@@H](CCC(=O)N[C@H](CCC(=O)OC(C)(C)C)C(=O)OC(C)(C)C)C(=O)OC(C)(C)C)cc1. The molecule has 0 aliphatic carbocycles. The Morgan fingerprint density at radius 2 is 1.31 bits per heavy atom. The van der Waals surface area contributed by atoms with Crippen LogP contribution in [-0.2, 0) is 39.9 Å². The van der Waals surface area contributed by atoms with E-state index in [0.29, 0.717) is 29.8 Å². The quantitative estimate of drug-likeness (QED) is 0.133. The maximum Gasteiger partial charge on any atom is 0.329 e. The van der Waals surface area contributed by atoms with Crippen LogP contribution in [0, 0.1) is 6.92 Å². The lowest BCUT2D eigenvalue weighted by molar-refractivity contribution is -0.161. The Morgan fingerprint density at radius 1 is 0.764 bits per heavy atom. The number of anilines is 1. The fourth-order valence-electron chi connectivity index (χ4n) is 5.51. The van der Waals surface area contributed by atoms with Gasteiger partial charge in [0.15, 0.2) is 0 Å². The van der Waals surface area contributed by atoms with Crippen LogP contribution in [0.4, 0.5) is 5.69 Å². The first-order valence-electron chi connectivity index (χ1n) is 18.6. The minimum atomic E-state index is -1.19. The number of carbonyl (C=O) groups excluding carboxylic acids is 5. The van der Waals surface area contributed by atoms with Gasteiger partial charge in [-0.3, -0.25) is 19.2 Å². The zero-order valence-electron chi connectivity index (χ0n) is 34.0. The molecule has 2 atom stereocenters. The van der Waals surface area contributed by atoms with Gasteiger partial charge < -0.3 is 34.7 Å². The number of H-pyrrole nitrogens is 1. The second-order valence-electron chi connectivity index (χ2n) is 16.4. The summed E-state index contributed by atoms with van der Waals surface area (Å²) in [5, 5.41) is 5.84. The molecule has 0 aliphatic rings. The highest BCUT2D eigenvalue weighted by atomic mass is 16.6. The zero-order valence-corrected chi connectivity index (χ0v) is 34.0. The standard InChI is InChI=1S/C41H57N5O9/c1-12-46(24-26-13-18-30-29(23-26)36(50)43-25(2)42-30)28-16-14-27(15-17-28)35(49)45-32(38(52)55-41(9,10)11)19-21-33(47)44-31(37(51)54-40(6,7)8)20-22-34(48)53-39(3,4)5/h13-18,23,31-32H,12,19-22,24H2,1-11H3,(H,44,47)(H,45,49)(H,42,43,50)/t31-,32+/m1/s1. The van der Waals surface area contributed by atoms with Crippen molar-refractivity contribution < 1.29 is 38.2 Å². The molecule has 0 saturated carbocycles. The molecule has 0 aliphatic heterocycles. The van der Waals surface area contributed by atoms with Crippen LogP contribution in [-0.4, -0.2) is 75.1 Å². The Hall–Kier alpha value is -5.27. The summed E-state index contributed by atoms with van der Waals surface area (Å²) in [6.07, 6.45) is -0.594. The number of amides is 2. The minimum absolute atomic E-state index is 0.0630.